The van der Waals surface area contributed by atoms with Crippen LogP contribution >= 0.6 is 0 Å². The molecule has 14 heavy (non-hydrogen) atoms. The van der Waals surface area contributed by atoms with Gasteiger partial charge in [-0.05, 0) is 52.0 Å². The zero-order valence-electron chi connectivity index (χ0n) is 10.5. The molecule has 0 aliphatic carbocycles. The molecule has 0 atom stereocenters. The maximum Gasteiger partial charge on any atom is 0.0254 e. The van der Waals surface area contributed by atoms with Gasteiger partial charge in [-0.2, -0.15) is 0 Å². The van der Waals surface area contributed by atoms with Gasteiger partial charge in [0.1, 0.15) is 0 Å². The molecule has 0 aromatic heterocycles. The highest BCUT2D eigenvalue weighted by molar-refractivity contribution is 6.36. The Morgan fingerprint density at radius 2 is 1.93 bits per heavy atom. The molecular weight excluding hydrogens is 186 g/mol. The first-order valence-corrected chi connectivity index (χ1v) is 8.06. The monoisotopic (exact) mass is 213 g/mol. The second-order valence-electron chi connectivity index (χ2n) is 4.21. The van der Waals surface area contributed by atoms with Gasteiger partial charge in [0.15, 0.2) is 0 Å². The molecule has 0 fully saturated rings. The summed E-state index contributed by atoms with van der Waals surface area (Å²) in [5, 5.41) is 0. The van der Waals surface area contributed by atoms with Gasteiger partial charge in [0, 0.05) is 9.52 Å². The summed E-state index contributed by atoms with van der Waals surface area (Å²) >= 11 is 0. The van der Waals surface area contributed by atoms with E-state index in [1.165, 1.54) is 43.7 Å². The standard InChI is InChI=1S/C12H27NSi/c1-5-8-13(6-2)9-11-14-10-7-12(3)4/h7H,5-6,8-11,14H2,1-4H3. The van der Waals surface area contributed by atoms with Crippen molar-refractivity contribution in [3.63, 3.8) is 0 Å². The SMILES string of the molecule is CCCN(CC)CC[SiH2]CC=C(C)C. The van der Waals surface area contributed by atoms with Crippen LogP contribution < -0.4 is 0 Å². The summed E-state index contributed by atoms with van der Waals surface area (Å²) in [6.07, 6.45) is 3.70. The number of hydrogen-bond acceptors (Lipinski definition) is 1. The Kier molecular flexibility index (Phi) is 9.41. The Bertz CT molecular complexity index is 150. The number of nitrogens with zero attached hydrogens (tertiary/aromatic N) is 1. The van der Waals surface area contributed by atoms with E-state index in [-0.39, 0.29) is 9.52 Å². The molecule has 0 aliphatic rings. The molecule has 0 radical (unpaired) electrons. The van der Waals surface area contributed by atoms with Gasteiger partial charge in [-0.1, -0.05) is 25.5 Å². The van der Waals surface area contributed by atoms with E-state index in [0.717, 1.165) is 0 Å². The first kappa shape index (κ1) is 13.9. The third kappa shape index (κ3) is 8.51. The smallest absolute Gasteiger partial charge is 0.0254 e. The third-order valence-corrected chi connectivity index (χ3v) is 3.98. The largest absolute Gasteiger partial charge is 0.304 e. The van der Waals surface area contributed by atoms with Crippen molar-refractivity contribution in [3.8, 4) is 0 Å². The summed E-state index contributed by atoms with van der Waals surface area (Å²) < 4.78 is 0. The molecule has 2 heteroatoms. The van der Waals surface area contributed by atoms with Gasteiger partial charge in [-0.15, -0.1) is 0 Å². The molecular formula is C12H27NSi. The number of rotatable bonds is 8. The van der Waals surface area contributed by atoms with Crippen molar-refractivity contribution in [1.82, 2.24) is 4.90 Å². The van der Waals surface area contributed by atoms with E-state index < -0.39 is 0 Å². The van der Waals surface area contributed by atoms with Crippen LogP contribution in [-0.2, 0) is 0 Å². The van der Waals surface area contributed by atoms with E-state index in [9.17, 15) is 0 Å². The van der Waals surface area contributed by atoms with E-state index in [1.54, 1.807) is 0 Å². The average molecular weight is 213 g/mol. The molecule has 0 saturated heterocycles. The molecule has 0 amide bonds. The summed E-state index contributed by atoms with van der Waals surface area (Å²) in [4.78, 5) is 2.58. The van der Waals surface area contributed by atoms with E-state index in [1.807, 2.05) is 0 Å². The Morgan fingerprint density at radius 3 is 2.43 bits per heavy atom. The van der Waals surface area contributed by atoms with E-state index in [0.29, 0.717) is 0 Å². The summed E-state index contributed by atoms with van der Waals surface area (Å²) in [5.74, 6) is 0. The van der Waals surface area contributed by atoms with Crippen molar-refractivity contribution in [2.45, 2.75) is 46.2 Å². The zero-order chi connectivity index (χ0) is 10.8. The molecule has 0 heterocycles. The minimum absolute atomic E-state index is 0.181. The van der Waals surface area contributed by atoms with Crippen LogP contribution in [0, 0.1) is 0 Å². The van der Waals surface area contributed by atoms with Gasteiger partial charge in [-0.3, -0.25) is 0 Å². The van der Waals surface area contributed by atoms with Crippen LogP contribution in [-0.4, -0.2) is 34.1 Å². The second kappa shape index (κ2) is 9.47. The summed E-state index contributed by atoms with van der Waals surface area (Å²) in [7, 11) is 0.181. The van der Waals surface area contributed by atoms with Crippen molar-refractivity contribution < 1.29 is 0 Å². The van der Waals surface area contributed by atoms with E-state index in [4.69, 9.17) is 0 Å². The van der Waals surface area contributed by atoms with E-state index in [2.05, 4.69) is 38.7 Å². The van der Waals surface area contributed by atoms with Crippen LogP contribution in [0.3, 0.4) is 0 Å². The quantitative estimate of drug-likeness (QED) is 0.340. The minimum Gasteiger partial charge on any atom is -0.304 e. The first-order valence-electron chi connectivity index (χ1n) is 6.06. The van der Waals surface area contributed by atoms with Gasteiger partial charge >= 0.3 is 0 Å². The molecule has 0 aliphatic heterocycles. The summed E-state index contributed by atoms with van der Waals surface area (Å²) in [6.45, 7) is 12.8. The molecule has 0 unspecified atom stereocenters. The predicted molar refractivity (Wildman–Crippen MR) is 70.0 cm³/mol. The summed E-state index contributed by atoms with van der Waals surface area (Å²) in [5.41, 5.74) is 1.48. The average Bonchev–Trinajstić information content (AvgIpc) is 2.15. The lowest BCUT2D eigenvalue weighted by molar-refractivity contribution is 0.304. The molecule has 0 aromatic carbocycles. The van der Waals surface area contributed by atoms with Crippen LogP contribution in [0.5, 0.6) is 0 Å². The van der Waals surface area contributed by atoms with Crippen LogP contribution in [0.4, 0.5) is 0 Å². The number of hydrogen-bond donors (Lipinski definition) is 0. The van der Waals surface area contributed by atoms with Crippen molar-refractivity contribution in [2.24, 2.45) is 0 Å². The lowest BCUT2D eigenvalue weighted by Crippen LogP contribution is -2.25. The highest BCUT2D eigenvalue weighted by Crippen LogP contribution is 1.98. The minimum atomic E-state index is 0.181. The normalized spacial score (nSPS) is 11.5. The maximum atomic E-state index is 2.58. The lowest BCUT2D eigenvalue weighted by Gasteiger charge is -2.18. The molecule has 0 saturated carbocycles. The lowest BCUT2D eigenvalue weighted by atomic mass is 10.3. The fraction of sp³-hybridized carbons (Fsp3) is 0.833. The van der Waals surface area contributed by atoms with Gasteiger partial charge in [0.05, 0.1) is 0 Å². The first-order chi connectivity index (χ1) is 6.70. The van der Waals surface area contributed by atoms with Crippen LogP contribution in [0.2, 0.25) is 12.1 Å². The topological polar surface area (TPSA) is 3.24 Å². The van der Waals surface area contributed by atoms with Crippen molar-refractivity contribution >= 4 is 9.52 Å². The molecule has 0 rings (SSSR count). The Hall–Kier alpha value is -0.0831. The van der Waals surface area contributed by atoms with E-state index >= 15 is 0 Å². The number of allylic oxidation sites excluding steroid dienone is 2. The highest BCUT2D eigenvalue weighted by atomic mass is 28.2. The molecule has 84 valence electrons. The summed E-state index contributed by atoms with van der Waals surface area (Å²) in [6, 6.07) is 2.88. The van der Waals surface area contributed by atoms with Crippen LogP contribution in [0.1, 0.15) is 34.1 Å². The van der Waals surface area contributed by atoms with Gasteiger partial charge in [0.2, 0.25) is 0 Å². The Morgan fingerprint density at radius 1 is 1.21 bits per heavy atom. The molecule has 1 nitrogen and oxygen atoms in total. The van der Waals surface area contributed by atoms with Crippen LogP contribution in [0.25, 0.3) is 0 Å². The van der Waals surface area contributed by atoms with Gasteiger partial charge in [0.25, 0.3) is 0 Å². The molecule has 0 spiro atoms. The maximum absolute atomic E-state index is 2.58. The fourth-order valence-corrected chi connectivity index (χ4v) is 3.36. The third-order valence-electron chi connectivity index (χ3n) is 2.47. The second-order valence-corrected chi connectivity index (χ2v) is 6.20. The highest BCUT2D eigenvalue weighted by Gasteiger charge is 1.99. The van der Waals surface area contributed by atoms with Crippen molar-refractivity contribution in [2.75, 3.05) is 19.6 Å². The predicted octanol–water partition coefficient (Wildman–Crippen LogP) is 2.69. The Labute approximate surface area is 92.4 Å². The molecule has 0 N–H and O–H groups in total. The Balaban J connectivity index is 3.37. The van der Waals surface area contributed by atoms with Gasteiger partial charge < -0.3 is 4.90 Å². The fourth-order valence-electron chi connectivity index (χ4n) is 1.61. The molecule has 0 aromatic rings. The van der Waals surface area contributed by atoms with Crippen LogP contribution in [0.15, 0.2) is 11.6 Å². The zero-order valence-corrected chi connectivity index (χ0v) is 11.9. The van der Waals surface area contributed by atoms with Gasteiger partial charge in [-0.25, -0.2) is 0 Å². The van der Waals surface area contributed by atoms with Crippen molar-refractivity contribution in [3.05, 3.63) is 11.6 Å². The van der Waals surface area contributed by atoms with Crippen molar-refractivity contribution in [1.29, 1.82) is 0 Å². The molecule has 0 bridgehead atoms.